The molecule has 0 aliphatic rings. The molecule has 1 N–H and O–H groups in total. The lowest BCUT2D eigenvalue weighted by Gasteiger charge is -2.13. The summed E-state index contributed by atoms with van der Waals surface area (Å²) in [6.45, 7) is 1.26. The van der Waals surface area contributed by atoms with E-state index in [-0.39, 0.29) is 11.5 Å². The predicted molar refractivity (Wildman–Crippen MR) is 115 cm³/mol. The molecule has 10 heteroatoms. The monoisotopic (exact) mass is 436 g/mol. The molecular weight excluding hydrogens is 415 g/mol. The number of aromatic nitrogens is 4. The van der Waals surface area contributed by atoms with E-state index in [4.69, 9.17) is 4.52 Å². The van der Waals surface area contributed by atoms with Crippen LogP contribution in [-0.2, 0) is 13.0 Å². The number of nitro groups is 1. The van der Waals surface area contributed by atoms with Crippen LogP contribution in [0, 0.1) is 15.9 Å². The predicted octanol–water partition coefficient (Wildman–Crippen LogP) is 4.24. The van der Waals surface area contributed by atoms with Crippen LogP contribution >= 0.6 is 0 Å². The molecule has 0 aliphatic carbocycles. The van der Waals surface area contributed by atoms with Crippen LogP contribution in [-0.4, -0.2) is 43.8 Å². The summed E-state index contributed by atoms with van der Waals surface area (Å²) >= 11 is 0. The van der Waals surface area contributed by atoms with Gasteiger partial charge in [-0.1, -0.05) is 17.3 Å². The largest absolute Gasteiger partial charge is 0.338 e. The maximum Gasteiger partial charge on any atom is 0.270 e. The zero-order valence-electron chi connectivity index (χ0n) is 17.4. The van der Waals surface area contributed by atoms with Crippen molar-refractivity contribution in [1.29, 1.82) is 0 Å². The van der Waals surface area contributed by atoms with E-state index >= 15 is 0 Å². The van der Waals surface area contributed by atoms with Crippen molar-refractivity contribution in [2.24, 2.45) is 0 Å². The molecule has 2 aromatic carbocycles. The second-order valence-corrected chi connectivity index (χ2v) is 7.45. The Labute approximate surface area is 183 Å². The highest BCUT2D eigenvalue weighted by atomic mass is 19.1. The molecule has 0 radical (unpaired) electrons. The number of non-ortho nitro benzene ring substituents is 1. The summed E-state index contributed by atoms with van der Waals surface area (Å²) in [4.78, 5) is 16.9. The minimum atomic E-state index is -0.458. The summed E-state index contributed by atoms with van der Waals surface area (Å²) < 4.78 is 18.4. The summed E-state index contributed by atoms with van der Waals surface area (Å²) in [5.41, 5.74) is 3.17. The molecule has 9 nitrogen and oxygen atoms in total. The molecule has 0 amide bonds. The van der Waals surface area contributed by atoms with E-state index in [1.54, 1.807) is 24.3 Å². The Morgan fingerprint density at radius 1 is 1.16 bits per heavy atom. The Morgan fingerprint density at radius 3 is 2.75 bits per heavy atom. The number of aryl methyl sites for hydroxylation is 1. The molecule has 0 atom stereocenters. The lowest BCUT2D eigenvalue weighted by atomic mass is 10.1. The smallest absolute Gasteiger partial charge is 0.270 e. The Hall–Kier alpha value is -3.92. The van der Waals surface area contributed by atoms with Gasteiger partial charge in [0.2, 0.25) is 11.7 Å². The fourth-order valence-electron chi connectivity index (χ4n) is 3.30. The number of benzene rings is 2. The number of hydrogen-bond acceptors (Lipinski definition) is 7. The molecule has 0 saturated heterocycles. The average molecular weight is 436 g/mol. The van der Waals surface area contributed by atoms with Gasteiger partial charge in [-0.15, -0.1) is 0 Å². The first kappa shape index (κ1) is 21.3. The third-order valence-electron chi connectivity index (χ3n) is 4.95. The van der Waals surface area contributed by atoms with E-state index in [1.165, 1.54) is 24.3 Å². The number of H-pyrrole nitrogens is 1. The van der Waals surface area contributed by atoms with Crippen LogP contribution in [0.5, 0.6) is 0 Å². The van der Waals surface area contributed by atoms with Crippen molar-refractivity contribution < 1.29 is 13.8 Å². The number of halogens is 1. The van der Waals surface area contributed by atoms with Gasteiger partial charge in [0.05, 0.1) is 17.2 Å². The minimum Gasteiger partial charge on any atom is -0.338 e. The van der Waals surface area contributed by atoms with Crippen LogP contribution in [0.25, 0.3) is 22.6 Å². The summed E-state index contributed by atoms with van der Waals surface area (Å²) in [7, 11) is 1.95. The van der Waals surface area contributed by atoms with E-state index in [0.29, 0.717) is 23.8 Å². The molecule has 0 aliphatic heterocycles. The molecule has 164 valence electrons. The van der Waals surface area contributed by atoms with Gasteiger partial charge in [-0.25, -0.2) is 4.39 Å². The van der Waals surface area contributed by atoms with Crippen LogP contribution in [0.15, 0.2) is 59.1 Å². The first-order chi connectivity index (χ1) is 15.5. The van der Waals surface area contributed by atoms with Crippen LogP contribution in [0.3, 0.4) is 0 Å². The van der Waals surface area contributed by atoms with Crippen LogP contribution in [0.2, 0.25) is 0 Å². The van der Waals surface area contributed by atoms with Crippen molar-refractivity contribution in [2.45, 2.75) is 19.4 Å². The van der Waals surface area contributed by atoms with Crippen molar-refractivity contribution in [3.63, 3.8) is 0 Å². The molecule has 0 bridgehead atoms. The fraction of sp³-hybridized carbons (Fsp3) is 0.227. The number of nitro benzene ring substituents is 1. The molecule has 0 spiro atoms. The first-order valence-electron chi connectivity index (χ1n) is 10.0. The van der Waals surface area contributed by atoms with Gasteiger partial charge in [0.1, 0.15) is 5.82 Å². The van der Waals surface area contributed by atoms with Gasteiger partial charge in [0.15, 0.2) is 0 Å². The second-order valence-electron chi connectivity index (χ2n) is 7.45. The molecular formula is C22H21FN6O3. The van der Waals surface area contributed by atoms with Crippen LogP contribution in [0.4, 0.5) is 10.1 Å². The summed E-state index contributed by atoms with van der Waals surface area (Å²) in [5, 5.41) is 22.2. The van der Waals surface area contributed by atoms with Crippen molar-refractivity contribution in [2.75, 3.05) is 13.6 Å². The van der Waals surface area contributed by atoms with Gasteiger partial charge < -0.3 is 4.52 Å². The van der Waals surface area contributed by atoms with Crippen molar-refractivity contribution in [3.05, 3.63) is 82.1 Å². The summed E-state index contributed by atoms with van der Waals surface area (Å²) in [5.74, 6) is 0.489. The Balaban J connectivity index is 1.28. The highest BCUT2D eigenvalue weighted by molar-refractivity contribution is 5.59. The molecule has 0 fully saturated rings. The fourth-order valence-corrected chi connectivity index (χ4v) is 3.30. The second kappa shape index (κ2) is 9.48. The molecule has 2 aromatic heterocycles. The Bertz CT molecular complexity index is 1200. The molecule has 0 unspecified atom stereocenters. The lowest BCUT2D eigenvalue weighted by molar-refractivity contribution is -0.384. The summed E-state index contributed by atoms with van der Waals surface area (Å²) in [6, 6.07) is 14.3. The zero-order valence-corrected chi connectivity index (χ0v) is 17.4. The summed E-state index contributed by atoms with van der Waals surface area (Å²) in [6.07, 6.45) is 1.69. The first-order valence-corrected chi connectivity index (χ1v) is 10.0. The highest BCUT2D eigenvalue weighted by Crippen LogP contribution is 2.22. The molecule has 2 heterocycles. The normalized spacial score (nSPS) is 11.2. The quantitative estimate of drug-likeness (QED) is 0.308. The number of nitrogens with zero attached hydrogens (tertiary/aromatic N) is 5. The van der Waals surface area contributed by atoms with Crippen LogP contribution in [0.1, 0.15) is 18.0 Å². The maximum absolute atomic E-state index is 13.1. The molecule has 0 saturated carbocycles. The van der Waals surface area contributed by atoms with E-state index in [1.807, 2.05) is 13.1 Å². The van der Waals surface area contributed by atoms with E-state index in [9.17, 15) is 14.5 Å². The number of hydrogen-bond donors (Lipinski definition) is 1. The Morgan fingerprint density at radius 2 is 1.97 bits per heavy atom. The van der Waals surface area contributed by atoms with Gasteiger partial charge in [0, 0.05) is 29.0 Å². The zero-order chi connectivity index (χ0) is 22.5. The van der Waals surface area contributed by atoms with Crippen LogP contribution < -0.4 is 0 Å². The number of rotatable bonds is 9. The highest BCUT2D eigenvalue weighted by Gasteiger charge is 2.14. The van der Waals surface area contributed by atoms with Gasteiger partial charge >= 0.3 is 0 Å². The topological polar surface area (TPSA) is 114 Å². The standard InChI is InChI=1S/C22H21FN6O3/c1-28(11-3-5-18-13-20(26-25-18)15-7-9-17(23)10-8-15)14-21-24-22(27-32-21)16-4-2-6-19(12-16)29(30)31/h2,4,6-10,12-13H,3,5,11,14H2,1H3,(H,25,26). The van der Waals surface area contributed by atoms with E-state index in [0.717, 1.165) is 36.3 Å². The molecule has 4 rings (SSSR count). The SMILES string of the molecule is CN(CCCc1cc(-c2ccc(F)cc2)n[nH]1)Cc1nc(-c2cccc([N+](=O)[O-])c2)no1. The number of aromatic amines is 1. The van der Waals surface area contributed by atoms with Gasteiger partial charge in [-0.3, -0.25) is 20.1 Å². The van der Waals surface area contributed by atoms with E-state index < -0.39 is 4.92 Å². The molecule has 32 heavy (non-hydrogen) atoms. The van der Waals surface area contributed by atoms with E-state index in [2.05, 4.69) is 25.2 Å². The van der Waals surface area contributed by atoms with Crippen molar-refractivity contribution in [1.82, 2.24) is 25.2 Å². The molecule has 4 aromatic rings. The lowest BCUT2D eigenvalue weighted by Crippen LogP contribution is -2.19. The minimum absolute atomic E-state index is 0.0210. The average Bonchev–Trinajstić information content (AvgIpc) is 3.44. The van der Waals surface area contributed by atoms with Crippen molar-refractivity contribution >= 4 is 5.69 Å². The Kier molecular flexibility index (Phi) is 6.31. The van der Waals surface area contributed by atoms with Crippen molar-refractivity contribution in [3.8, 4) is 22.6 Å². The number of nitrogens with one attached hydrogen (secondary N) is 1. The van der Waals surface area contributed by atoms with Gasteiger partial charge in [-0.05, 0) is 56.8 Å². The maximum atomic E-state index is 13.1. The van der Waals surface area contributed by atoms with Gasteiger partial charge in [0.25, 0.3) is 5.69 Å². The third-order valence-corrected chi connectivity index (χ3v) is 4.95. The third kappa shape index (κ3) is 5.22. The van der Waals surface area contributed by atoms with Gasteiger partial charge in [-0.2, -0.15) is 10.1 Å².